The SMILES string of the molecule is Cc1[nH]ncc1Nc1nc(C(C)(C)C)ns1. The van der Waals surface area contributed by atoms with Gasteiger partial charge in [0, 0.05) is 16.9 Å². The average molecular weight is 237 g/mol. The van der Waals surface area contributed by atoms with Gasteiger partial charge in [-0.25, -0.2) is 4.98 Å². The third-order valence-electron chi connectivity index (χ3n) is 2.17. The zero-order chi connectivity index (χ0) is 11.8. The Balaban J connectivity index is 2.18. The van der Waals surface area contributed by atoms with E-state index < -0.39 is 0 Å². The fraction of sp³-hybridized carbons (Fsp3) is 0.500. The average Bonchev–Trinajstić information content (AvgIpc) is 2.76. The summed E-state index contributed by atoms with van der Waals surface area (Å²) in [6, 6.07) is 0. The quantitative estimate of drug-likeness (QED) is 0.842. The molecule has 0 aliphatic heterocycles. The maximum Gasteiger partial charge on any atom is 0.207 e. The minimum atomic E-state index is -0.0120. The van der Waals surface area contributed by atoms with Gasteiger partial charge in [-0.1, -0.05) is 20.8 Å². The molecule has 0 bridgehead atoms. The van der Waals surface area contributed by atoms with E-state index in [2.05, 4.69) is 45.6 Å². The highest BCUT2D eigenvalue weighted by Gasteiger charge is 2.19. The lowest BCUT2D eigenvalue weighted by atomic mass is 9.96. The highest BCUT2D eigenvalue weighted by Crippen LogP contribution is 2.25. The molecule has 2 N–H and O–H groups in total. The van der Waals surface area contributed by atoms with Gasteiger partial charge < -0.3 is 5.32 Å². The lowest BCUT2D eigenvalue weighted by molar-refractivity contribution is 0.555. The van der Waals surface area contributed by atoms with Crippen molar-refractivity contribution in [3.63, 3.8) is 0 Å². The summed E-state index contributed by atoms with van der Waals surface area (Å²) in [7, 11) is 0. The fourth-order valence-corrected chi connectivity index (χ4v) is 1.94. The first kappa shape index (κ1) is 11.1. The third-order valence-corrected chi connectivity index (χ3v) is 2.80. The number of aromatic nitrogens is 4. The van der Waals surface area contributed by atoms with Crippen LogP contribution in [0.3, 0.4) is 0 Å². The molecule has 0 spiro atoms. The van der Waals surface area contributed by atoms with E-state index in [-0.39, 0.29) is 5.41 Å². The first-order valence-corrected chi connectivity index (χ1v) is 5.85. The molecule has 0 saturated heterocycles. The Morgan fingerprint density at radius 1 is 1.38 bits per heavy atom. The Bertz CT molecular complexity index is 479. The van der Waals surface area contributed by atoms with Gasteiger partial charge in [0.1, 0.15) is 5.82 Å². The standard InChI is InChI=1S/C10H15N5S/c1-6-7(5-11-14-6)12-9-13-8(15-16-9)10(2,3)4/h5H,1-4H3,(H,11,14)(H,12,13,15). The zero-order valence-electron chi connectivity index (χ0n) is 9.83. The molecule has 6 heteroatoms. The van der Waals surface area contributed by atoms with Crippen molar-refractivity contribution >= 4 is 22.4 Å². The molecule has 2 aromatic heterocycles. The van der Waals surface area contributed by atoms with Gasteiger partial charge in [0.15, 0.2) is 0 Å². The molecule has 0 aliphatic rings. The van der Waals surface area contributed by atoms with Crippen LogP contribution in [0.4, 0.5) is 10.8 Å². The van der Waals surface area contributed by atoms with Crippen LogP contribution < -0.4 is 5.32 Å². The van der Waals surface area contributed by atoms with Gasteiger partial charge in [0.05, 0.1) is 17.6 Å². The first-order chi connectivity index (χ1) is 7.47. The maximum atomic E-state index is 4.45. The van der Waals surface area contributed by atoms with Crippen molar-refractivity contribution in [3.05, 3.63) is 17.7 Å². The normalized spacial score (nSPS) is 11.8. The van der Waals surface area contributed by atoms with Gasteiger partial charge in [0.25, 0.3) is 0 Å². The van der Waals surface area contributed by atoms with E-state index in [4.69, 9.17) is 0 Å². The number of rotatable bonds is 2. The van der Waals surface area contributed by atoms with Gasteiger partial charge in [-0.3, -0.25) is 5.10 Å². The molecule has 0 aliphatic carbocycles. The summed E-state index contributed by atoms with van der Waals surface area (Å²) < 4.78 is 4.34. The van der Waals surface area contributed by atoms with Gasteiger partial charge in [0.2, 0.25) is 5.13 Å². The molecule has 0 amide bonds. The maximum absolute atomic E-state index is 4.45. The van der Waals surface area contributed by atoms with E-state index in [0.717, 1.165) is 22.3 Å². The number of anilines is 2. The molecule has 0 atom stereocenters. The van der Waals surface area contributed by atoms with E-state index in [1.54, 1.807) is 6.20 Å². The molecule has 0 unspecified atom stereocenters. The molecule has 16 heavy (non-hydrogen) atoms. The molecule has 0 aromatic carbocycles. The molecule has 2 aromatic rings. The second kappa shape index (κ2) is 3.86. The topological polar surface area (TPSA) is 66.5 Å². The van der Waals surface area contributed by atoms with Gasteiger partial charge in [-0.2, -0.15) is 9.47 Å². The molecular formula is C10H15N5S. The molecule has 0 radical (unpaired) electrons. The highest BCUT2D eigenvalue weighted by atomic mass is 32.1. The van der Waals surface area contributed by atoms with Crippen molar-refractivity contribution in [1.29, 1.82) is 0 Å². The largest absolute Gasteiger partial charge is 0.327 e. The van der Waals surface area contributed by atoms with Crippen LogP contribution in [-0.2, 0) is 5.41 Å². The summed E-state index contributed by atoms with van der Waals surface area (Å²) in [4.78, 5) is 4.45. The van der Waals surface area contributed by atoms with Crippen molar-refractivity contribution < 1.29 is 0 Å². The number of nitrogens with one attached hydrogen (secondary N) is 2. The van der Waals surface area contributed by atoms with Crippen LogP contribution in [0.15, 0.2) is 6.20 Å². The Labute approximate surface area is 98.5 Å². The summed E-state index contributed by atoms with van der Waals surface area (Å²) in [5.74, 6) is 0.862. The Kier molecular flexibility index (Phi) is 2.67. The van der Waals surface area contributed by atoms with E-state index in [9.17, 15) is 0 Å². The molecule has 2 heterocycles. The van der Waals surface area contributed by atoms with Gasteiger partial charge in [-0.15, -0.1) is 0 Å². The molecule has 86 valence electrons. The highest BCUT2D eigenvalue weighted by molar-refractivity contribution is 7.09. The lowest BCUT2D eigenvalue weighted by Gasteiger charge is -2.12. The zero-order valence-corrected chi connectivity index (χ0v) is 10.6. The van der Waals surface area contributed by atoms with Gasteiger partial charge in [-0.05, 0) is 6.92 Å². The monoisotopic (exact) mass is 237 g/mol. The minimum absolute atomic E-state index is 0.0120. The van der Waals surface area contributed by atoms with Crippen LogP contribution in [0.1, 0.15) is 32.3 Å². The van der Waals surface area contributed by atoms with Crippen LogP contribution >= 0.6 is 11.5 Å². The molecule has 0 saturated carbocycles. The van der Waals surface area contributed by atoms with Crippen molar-refractivity contribution in [1.82, 2.24) is 19.6 Å². The second-order valence-electron chi connectivity index (χ2n) is 4.71. The summed E-state index contributed by atoms with van der Waals surface area (Å²) in [6.45, 7) is 8.26. The van der Waals surface area contributed by atoms with E-state index >= 15 is 0 Å². The second-order valence-corrected chi connectivity index (χ2v) is 5.46. The van der Waals surface area contributed by atoms with Crippen molar-refractivity contribution in [2.24, 2.45) is 0 Å². The van der Waals surface area contributed by atoms with Gasteiger partial charge >= 0.3 is 0 Å². The van der Waals surface area contributed by atoms with Crippen LogP contribution in [0, 0.1) is 6.92 Å². The van der Waals surface area contributed by atoms with Crippen molar-refractivity contribution in [2.75, 3.05) is 5.32 Å². The molecular weight excluding hydrogens is 222 g/mol. The number of H-pyrrole nitrogens is 1. The molecule has 2 rings (SSSR count). The number of hydrogen-bond donors (Lipinski definition) is 2. The summed E-state index contributed by atoms with van der Waals surface area (Å²) in [6.07, 6.45) is 1.74. The number of hydrogen-bond acceptors (Lipinski definition) is 5. The smallest absolute Gasteiger partial charge is 0.207 e. The molecule has 0 fully saturated rings. The van der Waals surface area contributed by atoms with E-state index in [1.165, 1.54) is 11.5 Å². The number of nitrogens with zero attached hydrogens (tertiary/aromatic N) is 3. The van der Waals surface area contributed by atoms with E-state index in [0.29, 0.717) is 0 Å². The summed E-state index contributed by atoms with van der Waals surface area (Å²) in [5, 5.41) is 10.8. The Morgan fingerprint density at radius 2 is 2.12 bits per heavy atom. The molecule has 5 nitrogen and oxygen atoms in total. The fourth-order valence-electron chi connectivity index (χ4n) is 1.17. The first-order valence-electron chi connectivity index (χ1n) is 5.08. The van der Waals surface area contributed by atoms with Crippen LogP contribution in [0.25, 0.3) is 0 Å². The Morgan fingerprint density at radius 3 is 2.62 bits per heavy atom. The number of aryl methyl sites for hydroxylation is 1. The van der Waals surface area contributed by atoms with Crippen molar-refractivity contribution in [3.8, 4) is 0 Å². The van der Waals surface area contributed by atoms with E-state index in [1.807, 2.05) is 6.92 Å². The lowest BCUT2D eigenvalue weighted by Crippen LogP contribution is -2.13. The third kappa shape index (κ3) is 2.21. The summed E-state index contributed by atoms with van der Waals surface area (Å²) >= 11 is 1.37. The van der Waals surface area contributed by atoms with Crippen molar-refractivity contribution in [2.45, 2.75) is 33.1 Å². The predicted octanol–water partition coefficient (Wildman–Crippen LogP) is 2.61. The van der Waals surface area contributed by atoms with Crippen LogP contribution in [0.5, 0.6) is 0 Å². The Hall–Kier alpha value is -1.43. The van der Waals surface area contributed by atoms with Crippen LogP contribution in [0.2, 0.25) is 0 Å². The number of aromatic amines is 1. The summed E-state index contributed by atoms with van der Waals surface area (Å²) in [5.41, 5.74) is 1.92. The predicted molar refractivity (Wildman–Crippen MR) is 65.2 cm³/mol. The van der Waals surface area contributed by atoms with Crippen LogP contribution in [-0.4, -0.2) is 19.6 Å². The minimum Gasteiger partial charge on any atom is -0.327 e.